The lowest BCUT2D eigenvalue weighted by Crippen LogP contribution is -2.49. The molecular weight excluding hydrogens is 483 g/mol. The molecule has 1 aromatic heterocycles. The molecule has 2 aliphatic heterocycles. The molecule has 0 aliphatic carbocycles. The van der Waals surface area contributed by atoms with Crippen molar-refractivity contribution < 1.29 is 4.57 Å². The van der Waals surface area contributed by atoms with Gasteiger partial charge in [0.05, 0.1) is 10.9 Å². The molecule has 0 radical (unpaired) electrons. The third-order valence-electron chi connectivity index (χ3n) is 8.60. The first-order chi connectivity index (χ1) is 17.6. The van der Waals surface area contributed by atoms with Crippen LogP contribution in [0.5, 0.6) is 0 Å². The Bertz CT molecular complexity index is 1810. The maximum absolute atomic E-state index is 2.54. The fourth-order valence-corrected chi connectivity index (χ4v) is 11.6. The largest absolute Gasteiger partial charge is 0.222 e. The molecule has 0 saturated carbocycles. The highest BCUT2D eigenvalue weighted by atomic mass is 32.2. The predicted octanol–water partition coefficient (Wildman–Crippen LogP) is 7.65. The number of fused-ring (bicyclic) bond motifs is 7. The molecule has 1 nitrogen and oxygen atoms in total. The van der Waals surface area contributed by atoms with E-state index in [4.69, 9.17) is 0 Å². The molecule has 0 atom stereocenters. The number of rotatable bonds is 1. The zero-order chi connectivity index (χ0) is 25.9. The van der Waals surface area contributed by atoms with Gasteiger partial charge in [0.1, 0.15) is 15.1 Å². The molecule has 3 heteroatoms. The van der Waals surface area contributed by atoms with Gasteiger partial charge in [0.2, 0.25) is 5.69 Å². The molecule has 0 bridgehead atoms. The minimum Gasteiger partial charge on any atom is -0.200 e. The quantitative estimate of drug-likeness (QED) is 0.160. The third-order valence-corrected chi connectivity index (χ3v) is 13.4. The van der Waals surface area contributed by atoms with Crippen LogP contribution in [0.2, 0.25) is 13.1 Å². The van der Waals surface area contributed by atoms with Crippen molar-refractivity contribution in [1.82, 2.24) is 0 Å². The summed E-state index contributed by atoms with van der Waals surface area (Å²) in [5.74, 6) is 0. The summed E-state index contributed by atoms with van der Waals surface area (Å²) in [6, 6.07) is 23.2. The molecular formula is C34H34NSSi+. The molecule has 7 rings (SSSR count). The van der Waals surface area contributed by atoms with Crippen LogP contribution in [0.3, 0.4) is 0 Å². The molecule has 0 fully saturated rings. The van der Waals surface area contributed by atoms with Crippen LogP contribution < -0.4 is 14.9 Å². The number of hydrogen-bond acceptors (Lipinski definition) is 1. The molecule has 0 saturated heterocycles. The van der Waals surface area contributed by atoms with Crippen molar-refractivity contribution in [3.05, 3.63) is 78.0 Å². The maximum atomic E-state index is 2.54. The zero-order valence-corrected chi connectivity index (χ0v) is 24.7. The standard InChI is InChI=1S/C34H34NSSi/c1-20-22-12-8-9-13-23(22)25(19-34(2,3)4)32-28(20)31-29-21(16-17-35(31)5)18-27-30(33(29)36-32)24-14-10-11-15-26(24)37(27,6)7/h8-18H,19H2,1-7H3/q+1. The van der Waals surface area contributed by atoms with Crippen molar-refractivity contribution >= 4 is 51.8 Å². The molecule has 37 heavy (non-hydrogen) atoms. The molecule has 3 heterocycles. The summed E-state index contributed by atoms with van der Waals surface area (Å²) >= 11 is 2.06. The number of nitrogens with zero attached hydrogens (tertiary/aromatic N) is 1. The Labute approximate surface area is 225 Å². The molecule has 5 aromatic rings. The Morgan fingerprint density at radius 3 is 2.30 bits per heavy atom. The third kappa shape index (κ3) is 3.14. The van der Waals surface area contributed by atoms with E-state index in [-0.39, 0.29) is 5.41 Å². The molecule has 4 aromatic carbocycles. The summed E-state index contributed by atoms with van der Waals surface area (Å²) in [7, 11) is 0.461. The lowest BCUT2D eigenvalue weighted by molar-refractivity contribution is -0.659. The first-order valence-electron chi connectivity index (χ1n) is 13.4. The molecule has 2 aliphatic rings. The predicted molar refractivity (Wildman–Crippen MR) is 162 cm³/mol. The van der Waals surface area contributed by atoms with Crippen LogP contribution in [0.15, 0.2) is 76.7 Å². The Morgan fingerprint density at radius 2 is 1.54 bits per heavy atom. The van der Waals surface area contributed by atoms with E-state index in [0.29, 0.717) is 0 Å². The van der Waals surface area contributed by atoms with Gasteiger partial charge in [0.15, 0.2) is 6.20 Å². The second-order valence-electron chi connectivity index (χ2n) is 12.7. The van der Waals surface area contributed by atoms with E-state index < -0.39 is 8.07 Å². The Balaban J connectivity index is 1.68. The van der Waals surface area contributed by atoms with E-state index in [2.05, 4.69) is 131 Å². The SMILES string of the molecule is Cc1c2c(c(CC(C)(C)C)c3ccccc13)Sc1c3c(cc4cc[n+](C)c-2c14)[Si](C)(C)c1ccccc1-3. The van der Waals surface area contributed by atoms with Gasteiger partial charge >= 0.3 is 0 Å². The van der Waals surface area contributed by atoms with Gasteiger partial charge in [-0.15, -0.1) is 0 Å². The van der Waals surface area contributed by atoms with Crippen molar-refractivity contribution in [2.75, 3.05) is 0 Å². The minimum atomic E-state index is -1.77. The van der Waals surface area contributed by atoms with Crippen molar-refractivity contribution in [2.45, 2.75) is 57.0 Å². The minimum absolute atomic E-state index is 0.195. The molecule has 0 amide bonds. The van der Waals surface area contributed by atoms with E-state index >= 15 is 0 Å². The Morgan fingerprint density at radius 1 is 0.838 bits per heavy atom. The highest BCUT2D eigenvalue weighted by Crippen LogP contribution is 2.55. The summed E-state index contributed by atoms with van der Waals surface area (Å²) in [6.45, 7) is 14.5. The normalized spacial score (nSPS) is 15.1. The number of pyridine rings is 1. The molecule has 0 spiro atoms. The smallest absolute Gasteiger partial charge is 0.200 e. The summed E-state index contributed by atoms with van der Waals surface area (Å²) < 4.78 is 2.38. The van der Waals surface area contributed by atoms with E-state index in [1.165, 1.54) is 64.8 Å². The van der Waals surface area contributed by atoms with Gasteiger partial charge in [-0.25, -0.2) is 4.57 Å². The van der Waals surface area contributed by atoms with Gasteiger partial charge in [0, 0.05) is 15.9 Å². The Kier molecular flexibility index (Phi) is 4.77. The molecule has 0 N–H and O–H groups in total. The first kappa shape index (κ1) is 23.2. The number of hydrogen-bond donors (Lipinski definition) is 0. The zero-order valence-electron chi connectivity index (χ0n) is 22.9. The van der Waals surface area contributed by atoms with Crippen LogP contribution in [-0.2, 0) is 13.5 Å². The lowest BCUT2D eigenvalue weighted by atomic mass is 9.83. The van der Waals surface area contributed by atoms with Gasteiger partial charge in [-0.3, -0.25) is 0 Å². The first-order valence-corrected chi connectivity index (χ1v) is 17.2. The maximum Gasteiger partial charge on any atom is 0.222 e. The van der Waals surface area contributed by atoms with Gasteiger partial charge in [-0.1, -0.05) is 100 Å². The van der Waals surface area contributed by atoms with Crippen molar-refractivity contribution in [2.24, 2.45) is 12.5 Å². The van der Waals surface area contributed by atoms with Gasteiger partial charge in [0.25, 0.3) is 0 Å². The average Bonchev–Trinajstić information content (AvgIpc) is 3.09. The Hall–Kier alpha value is -2.88. The number of benzene rings is 4. The molecule has 184 valence electrons. The van der Waals surface area contributed by atoms with Crippen molar-refractivity contribution in [3.63, 3.8) is 0 Å². The van der Waals surface area contributed by atoms with Crippen LogP contribution in [0.1, 0.15) is 31.9 Å². The van der Waals surface area contributed by atoms with Crippen molar-refractivity contribution in [1.29, 1.82) is 0 Å². The summed E-state index contributed by atoms with van der Waals surface area (Å²) in [5.41, 5.74) is 8.90. The fourth-order valence-electron chi connectivity index (χ4n) is 6.91. The summed E-state index contributed by atoms with van der Waals surface area (Å²) in [4.78, 5) is 2.94. The van der Waals surface area contributed by atoms with Crippen LogP contribution in [-0.4, -0.2) is 8.07 Å². The van der Waals surface area contributed by atoms with Crippen molar-refractivity contribution in [3.8, 4) is 22.4 Å². The lowest BCUT2D eigenvalue weighted by Gasteiger charge is -2.29. The second-order valence-corrected chi connectivity index (χ2v) is 18.1. The molecule has 0 unspecified atom stereocenters. The van der Waals surface area contributed by atoms with Gasteiger partial charge < -0.3 is 0 Å². The van der Waals surface area contributed by atoms with Crippen LogP contribution in [0.4, 0.5) is 0 Å². The number of aromatic nitrogens is 1. The van der Waals surface area contributed by atoms with Gasteiger partial charge in [-0.2, -0.15) is 0 Å². The van der Waals surface area contributed by atoms with Crippen LogP contribution in [0.25, 0.3) is 43.9 Å². The summed E-state index contributed by atoms with van der Waals surface area (Å²) in [5, 5.41) is 8.81. The number of aryl methyl sites for hydroxylation is 2. The fraction of sp³-hybridized carbons (Fsp3) is 0.265. The van der Waals surface area contributed by atoms with Crippen LogP contribution >= 0.6 is 11.8 Å². The highest BCUT2D eigenvalue weighted by Gasteiger charge is 2.42. The average molecular weight is 517 g/mol. The van der Waals surface area contributed by atoms with E-state index in [0.717, 1.165) is 6.42 Å². The van der Waals surface area contributed by atoms with E-state index in [9.17, 15) is 0 Å². The second kappa shape index (κ2) is 7.58. The monoisotopic (exact) mass is 516 g/mol. The highest BCUT2D eigenvalue weighted by molar-refractivity contribution is 8.00. The van der Waals surface area contributed by atoms with E-state index in [1.54, 1.807) is 10.4 Å². The summed E-state index contributed by atoms with van der Waals surface area (Å²) in [6.07, 6.45) is 3.34. The topological polar surface area (TPSA) is 3.88 Å². The van der Waals surface area contributed by atoms with E-state index in [1.807, 2.05) is 0 Å². The van der Waals surface area contributed by atoms with Gasteiger partial charge in [-0.05, 0) is 67.5 Å². The van der Waals surface area contributed by atoms with Crippen LogP contribution in [0, 0.1) is 12.3 Å².